The van der Waals surface area contributed by atoms with Gasteiger partial charge in [-0.15, -0.1) is 0 Å². The van der Waals surface area contributed by atoms with E-state index in [2.05, 4.69) is 5.32 Å². The summed E-state index contributed by atoms with van der Waals surface area (Å²) in [5, 5.41) is 2.96. The van der Waals surface area contributed by atoms with E-state index in [1.54, 1.807) is 24.3 Å². The molecule has 0 unspecified atom stereocenters. The zero-order valence-electron chi connectivity index (χ0n) is 14.1. The second-order valence-electron chi connectivity index (χ2n) is 6.30. The Morgan fingerprint density at radius 1 is 0.875 bits per heavy atom. The van der Waals surface area contributed by atoms with Crippen molar-refractivity contribution in [3.8, 4) is 0 Å². The van der Waals surface area contributed by atoms with E-state index in [1.807, 2.05) is 36.9 Å². The van der Waals surface area contributed by atoms with Crippen molar-refractivity contribution in [3.05, 3.63) is 64.7 Å². The number of para-hydroxylation sites is 1. The number of amides is 2. The highest BCUT2D eigenvalue weighted by Gasteiger charge is 2.19. The highest BCUT2D eigenvalue weighted by molar-refractivity contribution is 6.05. The standard InChI is InChI=1S/C20H22N2O2/c1-14-6-5-7-15(2)18(14)21-19(23)16-8-10-17(11-9-16)20(24)22-12-3-4-13-22/h5-11H,3-4,12-13H2,1-2H3,(H,21,23). The van der Waals surface area contributed by atoms with E-state index < -0.39 is 0 Å². The monoisotopic (exact) mass is 322 g/mol. The molecule has 2 aromatic rings. The van der Waals surface area contributed by atoms with Gasteiger partial charge in [-0.25, -0.2) is 0 Å². The quantitative estimate of drug-likeness (QED) is 0.934. The van der Waals surface area contributed by atoms with Gasteiger partial charge in [0.25, 0.3) is 11.8 Å². The van der Waals surface area contributed by atoms with E-state index in [4.69, 9.17) is 0 Å². The van der Waals surface area contributed by atoms with Crippen LogP contribution < -0.4 is 5.32 Å². The number of likely N-dealkylation sites (tertiary alicyclic amines) is 1. The first-order valence-corrected chi connectivity index (χ1v) is 8.33. The van der Waals surface area contributed by atoms with Crippen LogP contribution in [-0.4, -0.2) is 29.8 Å². The lowest BCUT2D eigenvalue weighted by Crippen LogP contribution is -2.27. The SMILES string of the molecule is Cc1cccc(C)c1NC(=O)c1ccc(C(=O)N2CCCC2)cc1. The van der Waals surface area contributed by atoms with Gasteiger partial charge in [-0.3, -0.25) is 9.59 Å². The van der Waals surface area contributed by atoms with E-state index in [1.165, 1.54) is 0 Å². The largest absolute Gasteiger partial charge is 0.339 e. The molecule has 1 saturated heterocycles. The van der Waals surface area contributed by atoms with Gasteiger partial charge in [0.15, 0.2) is 0 Å². The fraction of sp³-hybridized carbons (Fsp3) is 0.300. The minimum atomic E-state index is -0.160. The Balaban J connectivity index is 1.73. The fourth-order valence-electron chi connectivity index (χ4n) is 3.06. The van der Waals surface area contributed by atoms with Crippen LogP contribution in [0.15, 0.2) is 42.5 Å². The summed E-state index contributed by atoms with van der Waals surface area (Å²) in [4.78, 5) is 26.7. The predicted molar refractivity (Wildman–Crippen MR) is 95.4 cm³/mol. The molecule has 0 radical (unpaired) electrons. The summed E-state index contributed by atoms with van der Waals surface area (Å²) in [5.41, 5.74) is 4.10. The van der Waals surface area contributed by atoms with Crippen LogP contribution >= 0.6 is 0 Å². The molecule has 1 aliphatic rings. The summed E-state index contributed by atoms with van der Waals surface area (Å²) < 4.78 is 0. The smallest absolute Gasteiger partial charge is 0.255 e. The number of hydrogen-bond acceptors (Lipinski definition) is 2. The Kier molecular flexibility index (Phi) is 4.65. The third-order valence-corrected chi connectivity index (χ3v) is 4.51. The molecular formula is C20H22N2O2. The van der Waals surface area contributed by atoms with Crippen molar-refractivity contribution in [3.63, 3.8) is 0 Å². The van der Waals surface area contributed by atoms with Gasteiger partial charge in [-0.2, -0.15) is 0 Å². The van der Waals surface area contributed by atoms with Gasteiger partial charge >= 0.3 is 0 Å². The Morgan fingerprint density at radius 3 is 2.00 bits per heavy atom. The normalized spacial score (nSPS) is 13.8. The van der Waals surface area contributed by atoms with Crippen molar-refractivity contribution in [2.45, 2.75) is 26.7 Å². The van der Waals surface area contributed by atoms with Crippen molar-refractivity contribution >= 4 is 17.5 Å². The van der Waals surface area contributed by atoms with E-state index >= 15 is 0 Å². The van der Waals surface area contributed by atoms with Crippen molar-refractivity contribution in [2.75, 3.05) is 18.4 Å². The number of carbonyl (C=O) groups excluding carboxylic acids is 2. The summed E-state index contributed by atoms with van der Waals surface area (Å²) in [6, 6.07) is 12.8. The topological polar surface area (TPSA) is 49.4 Å². The van der Waals surface area contributed by atoms with Crippen molar-refractivity contribution < 1.29 is 9.59 Å². The molecule has 4 heteroatoms. The van der Waals surface area contributed by atoms with Crippen LogP contribution in [0.2, 0.25) is 0 Å². The van der Waals surface area contributed by atoms with Gasteiger partial charge in [-0.05, 0) is 62.1 Å². The van der Waals surface area contributed by atoms with Gasteiger partial charge in [0.2, 0.25) is 0 Å². The molecule has 1 N–H and O–H groups in total. The van der Waals surface area contributed by atoms with E-state index in [9.17, 15) is 9.59 Å². The van der Waals surface area contributed by atoms with Gasteiger partial charge in [0.05, 0.1) is 0 Å². The minimum absolute atomic E-state index is 0.0502. The number of nitrogens with zero attached hydrogens (tertiary/aromatic N) is 1. The molecule has 0 spiro atoms. The van der Waals surface area contributed by atoms with Crippen molar-refractivity contribution in [2.24, 2.45) is 0 Å². The van der Waals surface area contributed by atoms with E-state index in [0.29, 0.717) is 11.1 Å². The van der Waals surface area contributed by atoms with Gasteiger partial charge in [0, 0.05) is 29.9 Å². The number of aryl methyl sites for hydroxylation is 2. The molecule has 0 atom stereocenters. The Morgan fingerprint density at radius 2 is 1.42 bits per heavy atom. The molecule has 2 amide bonds. The third-order valence-electron chi connectivity index (χ3n) is 4.51. The summed E-state index contributed by atoms with van der Waals surface area (Å²) >= 11 is 0. The highest BCUT2D eigenvalue weighted by Crippen LogP contribution is 2.20. The molecule has 0 saturated carbocycles. The molecule has 0 aliphatic carbocycles. The minimum Gasteiger partial charge on any atom is -0.339 e. The summed E-state index contributed by atoms with van der Waals surface area (Å²) in [5.74, 6) is -0.109. The summed E-state index contributed by atoms with van der Waals surface area (Å²) in [6.07, 6.45) is 2.14. The maximum absolute atomic E-state index is 12.4. The lowest BCUT2D eigenvalue weighted by Gasteiger charge is -2.15. The molecule has 3 rings (SSSR count). The van der Waals surface area contributed by atoms with Gasteiger partial charge < -0.3 is 10.2 Å². The number of carbonyl (C=O) groups is 2. The molecule has 1 fully saturated rings. The molecule has 24 heavy (non-hydrogen) atoms. The first kappa shape index (κ1) is 16.2. The Bertz CT molecular complexity index is 739. The van der Waals surface area contributed by atoms with Crippen LogP contribution in [0.5, 0.6) is 0 Å². The van der Waals surface area contributed by atoms with Crippen molar-refractivity contribution in [1.82, 2.24) is 4.90 Å². The third kappa shape index (κ3) is 3.32. The molecule has 124 valence electrons. The van der Waals surface area contributed by atoms with Crippen LogP contribution in [-0.2, 0) is 0 Å². The molecule has 2 aromatic carbocycles. The van der Waals surface area contributed by atoms with Gasteiger partial charge in [-0.1, -0.05) is 18.2 Å². The lowest BCUT2D eigenvalue weighted by molar-refractivity contribution is 0.0792. The maximum Gasteiger partial charge on any atom is 0.255 e. The number of nitrogens with one attached hydrogen (secondary N) is 1. The van der Waals surface area contributed by atoms with Crippen LogP contribution in [0.1, 0.15) is 44.7 Å². The zero-order chi connectivity index (χ0) is 17.1. The molecule has 1 aliphatic heterocycles. The lowest BCUT2D eigenvalue weighted by atomic mass is 10.1. The first-order chi connectivity index (χ1) is 11.6. The van der Waals surface area contributed by atoms with E-state index in [-0.39, 0.29) is 11.8 Å². The van der Waals surface area contributed by atoms with E-state index in [0.717, 1.165) is 42.7 Å². The zero-order valence-corrected chi connectivity index (χ0v) is 14.1. The first-order valence-electron chi connectivity index (χ1n) is 8.33. The number of anilines is 1. The molecular weight excluding hydrogens is 300 g/mol. The van der Waals surface area contributed by atoms with Crippen molar-refractivity contribution in [1.29, 1.82) is 0 Å². The molecule has 4 nitrogen and oxygen atoms in total. The Labute approximate surface area is 142 Å². The van der Waals surface area contributed by atoms with Gasteiger partial charge in [0.1, 0.15) is 0 Å². The van der Waals surface area contributed by atoms with Crippen LogP contribution in [0.25, 0.3) is 0 Å². The average molecular weight is 322 g/mol. The highest BCUT2D eigenvalue weighted by atomic mass is 16.2. The number of rotatable bonds is 3. The summed E-state index contributed by atoms with van der Waals surface area (Å²) in [6.45, 7) is 5.60. The maximum atomic E-state index is 12.4. The van der Waals surface area contributed by atoms with Crippen LogP contribution in [0, 0.1) is 13.8 Å². The Hall–Kier alpha value is -2.62. The van der Waals surface area contributed by atoms with Crippen LogP contribution in [0.4, 0.5) is 5.69 Å². The van der Waals surface area contributed by atoms with Crippen LogP contribution in [0.3, 0.4) is 0 Å². The average Bonchev–Trinajstić information content (AvgIpc) is 3.12. The predicted octanol–water partition coefficient (Wildman–Crippen LogP) is 3.79. The molecule has 0 bridgehead atoms. The number of benzene rings is 2. The second kappa shape index (κ2) is 6.87. The number of hydrogen-bond donors (Lipinski definition) is 1. The summed E-state index contributed by atoms with van der Waals surface area (Å²) in [7, 11) is 0. The fourth-order valence-corrected chi connectivity index (χ4v) is 3.06. The molecule has 0 aromatic heterocycles. The second-order valence-corrected chi connectivity index (χ2v) is 6.30. The molecule has 1 heterocycles.